The van der Waals surface area contributed by atoms with Gasteiger partial charge >= 0.3 is 6.18 Å². The molecule has 0 bridgehead atoms. The molecule has 1 aliphatic heterocycles. The molecule has 0 aliphatic carbocycles. The Bertz CT molecular complexity index is 916. The molecule has 0 spiro atoms. The second kappa shape index (κ2) is 5.62. The lowest BCUT2D eigenvalue weighted by molar-refractivity contribution is -0.138. The smallest absolute Gasteiger partial charge is 0.331 e. The monoisotopic (exact) mass is 340 g/mol. The first kappa shape index (κ1) is 16.0. The number of carbonyl (C=O) groups is 1. The fourth-order valence-electron chi connectivity index (χ4n) is 2.44. The number of nitrogens with one attached hydrogen (secondary N) is 1. The summed E-state index contributed by atoms with van der Waals surface area (Å²) >= 11 is 0. The van der Waals surface area contributed by atoms with E-state index in [1.165, 1.54) is 11.2 Å². The third-order valence-corrected chi connectivity index (χ3v) is 3.70. The van der Waals surface area contributed by atoms with Crippen LogP contribution in [0.5, 0.6) is 0 Å². The fraction of sp³-hybridized carbons (Fsp3) is 0.286. The summed E-state index contributed by atoms with van der Waals surface area (Å²) in [5.74, 6) is -0.575. The van der Waals surface area contributed by atoms with Gasteiger partial charge in [-0.05, 0) is 6.07 Å². The maximum atomic E-state index is 12.7. The third kappa shape index (κ3) is 2.94. The Morgan fingerprint density at radius 2 is 2.00 bits per heavy atom. The highest BCUT2D eigenvalue weighted by atomic mass is 19.4. The van der Waals surface area contributed by atoms with Crippen molar-refractivity contribution in [3.05, 3.63) is 62.2 Å². The van der Waals surface area contributed by atoms with Crippen molar-refractivity contribution in [2.75, 3.05) is 0 Å². The zero-order valence-corrected chi connectivity index (χ0v) is 12.1. The molecule has 3 heterocycles. The summed E-state index contributed by atoms with van der Waals surface area (Å²) in [4.78, 5) is 43.2. The van der Waals surface area contributed by atoms with E-state index in [0.717, 1.165) is 6.07 Å². The number of pyridine rings is 1. The number of alkyl halides is 3. The predicted octanol–water partition coefficient (Wildman–Crippen LogP) is 0.493. The van der Waals surface area contributed by atoms with Crippen LogP contribution in [0, 0.1) is 0 Å². The number of carbonyl (C=O) groups excluding carboxylic acids is 1. The van der Waals surface area contributed by atoms with E-state index in [9.17, 15) is 27.6 Å². The molecule has 24 heavy (non-hydrogen) atoms. The molecule has 1 N–H and O–H groups in total. The zero-order chi connectivity index (χ0) is 17.5. The molecule has 0 saturated heterocycles. The van der Waals surface area contributed by atoms with Gasteiger partial charge in [0.1, 0.15) is 6.54 Å². The Kier molecular flexibility index (Phi) is 3.74. The lowest BCUT2D eigenvalue weighted by Gasteiger charge is -2.16. The third-order valence-electron chi connectivity index (χ3n) is 3.70. The van der Waals surface area contributed by atoms with Crippen LogP contribution >= 0.6 is 0 Å². The van der Waals surface area contributed by atoms with Crippen molar-refractivity contribution in [3.63, 3.8) is 0 Å². The number of H-pyrrole nitrogens is 1. The van der Waals surface area contributed by atoms with Crippen LogP contribution in [0.2, 0.25) is 0 Å². The summed E-state index contributed by atoms with van der Waals surface area (Å²) in [5, 5.41) is 0. The Morgan fingerprint density at radius 3 is 2.67 bits per heavy atom. The minimum atomic E-state index is -4.61. The molecular weight excluding hydrogens is 329 g/mol. The highest BCUT2D eigenvalue weighted by Crippen LogP contribution is 2.28. The molecule has 2 aromatic rings. The molecule has 1 aliphatic rings. The molecule has 0 aromatic carbocycles. The number of hydrogen-bond acceptors (Lipinski definition) is 4. The minimum absolute atomic E-state index is 0.00501. The van der Waals surface area contributed by atoms with E-state index in [-0.39, 0.29) is 18.6 Å². The highest BCUT2D eigenvalue weighted by Gasteiger charge is 2.32. The number of halogens is 3. The number of aromatic nitrogens is 3. The fourth-order valence-corrected chi connectivity index (χ4v) is 2.44. The van der Waals surface area contributed by atoms with Gasteiger partial charge in [-0.3, -0.25) is 14.4 Å². The molecule has 2 aromatic heterocycles. The van der Waals surface area contributed by atoms with Gasteiger partial charge in [0, 0.05) is 12.3 Å². The molecule has 3 rings (SSSR count). The molecule has 10 heteroatoms. The van der Waals surface area contributed by atoms with Gasteiger partial charge in [0.25, 0.3) is 11.1 Å². The van der Waals surface area contributed by atoms with E-state index in [2.05, 4.69) is 9.97 Å². The van der Waals surface area contributed by atoms with Crippen molar-refractivity contribution in [2.45, 2.75) is 25.8 Å². The van der Waals surface area contributed by atoms with Gasteiger partial charge in [0.2, 0.25) is 5.91 Å². The van der Waals surface area contributed by atoms with Crippen molar-refractivity contribution < 1.29 is 18.0 Å². The summed E-state index contributed by atoms with van der Waals surface area (Å²) in [6, 6.07) is 1.43. The molecule has 126 valence electrons. The van der Waals surface area contributed by atoms with Gasteiger partial charge in [-0.25, -0.2) is 4.98 Å². The van der Waals surface area contributed by atoms with Crippen molar-refractivity contribution in [3.8, 4) is 0 Å². The van der Waals surface area contributed by atoms with Crippen molar-refractivity contribution in [2.24, 2.45) is 0 Å². The summed E-state index contributed by atoms with van der Waals surface area (Å²) in [7, 11) is 0. The van der Waals surface area contributed by atoms with Crippen molar-refractivity contribution in [1.29, 1.82) is 0 Å². The Balaban J connectivity index is 1.81. The van der Waals surface area contributed by atoms with Gasteiger partial charge < -0.3 is 14.5 Å². The van der Waals surface area contributed by atoms with Crippen LogP contribution in [-0.4, -0.2) is 25.3 Å². The number of fused-ring (bicyclic) bond motifs is 1. The van der Waals surface area contributed by atoms with Gasteiger partial charge in [0.15, 0.2) is 0 Å². The van der Waals surface area contributed by atoms with E-state index in [1.807, 2.05) is 0 Å². The van der Waals surface area contributed by atoms with Crippen LogP contribution in [0.4, 0.5) is 13.2 Å². The van der Waals surface area contributed by atoms with Gasteiger partial charge in [-0.1, -0.05) is 0 Å². The SMILES string of the molecule is O=C(Cn1cc(C(F)(F)F)ccc1=O)N1Cc2nc[nH]c(=O)c2C1. The quantitative estimate of drug-likeness (QED) is 0.862. The lowest BCUT2D eigenvalue weighted by atomic mass is 10.2. The van der Waals surface area contributed by atoms with Crippen LogP contribution in [0.3, 0.4) is 0 Å². The van der Waals surface area contributed by atoms with E-state index in [1.54, 1.807) is 0 Å². The molecule has 7 nitrogen and oxygen atoms in total. The van der Waals surface area contributed by atoms with Crippen LogP contribution in [0.25, 0.3) is 0 Å². The number of nitrogens with zero attached hydrogens (tertiary/aromatic N) is 3. The van der Waals surface area contributed by atoms with Gasteiger partial charge in [-0.15, -0.1) is 0 Å². The van der Waals surface area contributed by atoms with E-state index in [4.69, 9.17) is 0 Å². The number of amides is 1. The van der Waals surface area contributed by atoms with Crippen LogP contribution in [0.1, 0.15) is 16.8 Å². The first-order valence-corrected chi connectivity index (χ1v) is 6.86. The standard InChI is InChI=1S/C14H11F3N4O3/c15-14(16,17)8-1-2-11(22)20(3-8)6-12(23)21-4-9-10(5-21)18-7-19-13(9)24/h1-3,7H,4-6H2,(H,18,19,24). The molecule has 0 fully saturated rings. The minimum Gasteiger partial charge on any atom is -0.331 e. The highest BCUT2D eigenvalue weighted by molar-refractivity contribution is 5.76. The molecule has 0 atom stereocenters. The summed E-state index contributed by atoms with van der Waals surface area (Å²) in [6.45, 7) is -0.467. The average molecular weight is 340 g/mol. The topological polar surface area (TPSA) is 88.1 Å². The van der Waals surface area contributed by atoms with Crippen LogP contribution < -0.4 is 11.1 Å². The van der Waals surface area contributed by atoms with Gasteiger partial charge in [0.05, 0.1) is 36.2 Å². The molecule has 0 radical (unpaired) electrons. The maximum absolute atomic E-state index is 12.7. The molecule has 1 amide bonds. The number of hydrogen-bond donors (Lipinski definition) is 1. The normalized spacial score (nSPS) is 13.9. The number of aromatic amines is 1. The Hall–Kier alpha value is -2.91. The maximum Gasteiger partial charge on any atom is 0.417 e. The van der Waals surface area contributed by atoms with Crippen LogP contribution in [-0.2, 0) is 30.6 Å². The number of rotatable bonds is 2. The second-order valence-electron chi connectivity index (χ2n) is 5.29. The predicted molar refractivity (Wildman–Crippen MR) is 74.8 cm³/mol. The first-order valence-electron chi connectivity index (χ1n) is 6.86. The lowest BCUT2D eigenvalue weighted by Crippen LogP contribution is -2.33. The second-order valence-corrected chi connectivity index (χ2v) is 5.29. The molecule has 0 saturated carbocycles. The first-order chi connectivity index (χ1) is 11.3. The zero-order valence-electron chi connectivity index (χ0n) is 12.1. The summed E-state index contributed by atoms with van der Waals surface area (Å²) < 4.78 is 38.8. The van der Waals surface area contributed by atoms with Crippen LogP contribution in [0.15, 0.2) is 34.2 Å². The van der Waals surface area contributed by atoms with E-state index < -0.39 is 29.8 Å². The Labute approximate surface area is 132 Å². The largest absolute Gasteiger partial charge is 0.417 e. The Morgan fingerprint density at radius 1 is 1.25 bits per heavy atom. The summed E-state index contributed by atoms with van der Waals surface area (Å²) in [5.41, 5.74) is -1.33. The average Bonchev–Trinajstić information content (AvgIpc) is 2.94. The van der Waals surface area contributed by atoms with Crippen molar-refractivity contribution >= 4 is 5.91 Å². The summed E-state index contributed by atoms with van der Waals surface area (Å²) in [6.07, 6.45) is -2.79. The van der Waals surface area contributed by atoms with E-state index >= 15 is 0 Å². The van der Waals surface area contributed by atoms with E-state index in [0.29, 0.717) is 28.1 Å². The van der Waals surface area contributed by atoms with Gasteiger partial charge in [-0.2, -0.15) is 13.2 Å². The molecule has 0 unspecified atom stereocenters. The van der Waals surface area contributed by atoms with Crippen molar-refractivity contribution in [1.82, 2.24) is 19.4 Å². The molecular formula is C14H11F3N4O3.